The second-order valence-electron chi connectivity index (χ2n) is 9.25. The van der Waals surface area contributed by atoms with Crippen LogP contribution in [0.15, 0.2) is 52.4 Å². The van der Waals surface area contributed by atoms with Gasteiger partial charge >= 0.3 is 0 Å². The Morgan fingerprint density at radius 2 is 1.76 bits per heavy atom. The second kappa shape index (κ2) is 11.2. The van der Waals surface area contributed by atoms with Gasteiger partial charge in [0.2, 0.25) is 5.91 Å². The number of nitrogens with one attached hydrogen (secondary N) is 1. The lowest BCUT2D eigenvalue weighted by molar-refractivity contribution is -0.132. The first-order valence-electron chi connectivity index (χ1n) is 12.1. The minimum absolute atomic E-state index is 0.138. The molecule has 1 N–H and O–H groups in total. The van der Waals surface area contributed by atoms with E-state index in [9.17, 15) is 9.59 Å². The van der Waals surface area contributed by atoms with Crippen molar-refractivity contribution in [2.24, 2.45) is 10.4 Å². The molecule has 7 heteroatoms. The summed E-state index contributed by atoms with van der Waals surface area (Å²) in [5, 5.41) is 3.27. The van der Waals surface area contributed by atoms with Crippen molar-refractivity contribution in [1.29, 1.82) is 0 Å². The van der Waals surface area contributed by atoms with Crippen LogP contribution in [0.1, 0.15) is 48.5 Å². The van der Waals surface area contributed by atoms with Crippen LogP contribution < -0.4 is 5.32 Å². The van der Waals surface area contributed by atoms with E-state index in [1.54, 1.807) is 0 Å². The van der Waals surface area contributed by atoms with Crippen LogP contribution in [0.25, 0.3) is 0 Å². The summed E-state index contributed by atoms with van der Waals surface area (Å²) in [5.41, 5.74) is 3.81. The maximum absolute atomic E-state index is 12.9. The van der Waals surface area contributed by atoms with Crippen LogP contribution in [0.4, 0.5) is 11.4 Å². The first kappa shape index (κ1) is 24.5. The molecular weight excluding hydrogens is 444 g/mol. The number of piperidine rings is 2. The van der Waals surface area contributed by atoms with E-state index in [-0.39, 0.29) is 12.5 Å². The van der Waals surface area contributed by atoms with E-state index in [1.807, 2.05) is 54.1 Å². The summed E-state index contributed by atoms with van der Waals surface area (Å²) in [6, 6.07) is 13.8. The number of carbonyl (C=O) groups excluding carboxylic acids is 2. The third-order valence-corrected chi connectivity index (χ3v) is 8.44. The minimum Gasteiger partial charge on any atom is -0.376 e. The molecule has 0 aliphatic carbocycles. The number of anilines is 1. The first-order chi connectivity index (χ1) is 16.6. The molecule has 0 saturated carbocycles. The fraction of sp³-hybridized carbons (Fsp3) is 0.444. The Hall–Kier alpha value is -2.64. The Kier molecular flexibility index (Phi) is 8.06. The molecule has 0 radical (unpaired) electrons. The van der Waals surface area contributed by atoms with Crippen LogP contribution in [-0.2, 0) is 11.2 Å². The zero-order valence-electron chi connectivity index (χ0n) is 20.0. The molecule has 180 valence electrons. The smallest absolute Gasteiger partial charge is 0.241 e. The number of hydrogen-bond donors (Lipinski definition) is 1. The van der Waals surface area contributed by atoms with Gasteiger partial charge in [0, 0.05) is 42.3 Å². The maximum Gasteiger partial charge on any atom is 0.241 e. The van der Waals surface area contributed by atoms with Crippen LogP contribution in [0, 0.1) is 5.41 Å². The fourth-order valence-electron chi connectivity index (χ4n) is 5.10. The predicted molar refractivity (Wildman–Crippen MR) is 140 cm³/mol. The Labute approximate surface area is 206 Å². The molecule has 2 aliphatic heterocycles. The largest absolute Gasteiger partial charge is 0.376 e. The molecule has 4 rings (SSSR count). The number of aldehydes is 1. The van der Waals surface area contributed by atoms with Crippen molar-refractivity contribution in [3.05, 3.63) is 53.6 Å². The van der Waals surface area contributed by atoms with Gasteiger partial charge in [-0.15, -0.1) is 0 Å². The second-order valence-corrected chi connectivity index (χ2v) is 10.4. The molecule has 2 heterocycles. The SMILES string of the molecule is C=Nc1ccc(SN2CCC3(CC2)CCN(C(=O)CNc2cccc(C=O)c2CC)CC3)cc1. The molecule has 1 amide bonds. The highest BCUT2D eigenvalue weighted by molar-refractivity contribution is 7.97. The van der Waals surface area contributed by atoms with E-state index < -0.39 is 0 Å². The molecule has 2 aromatic carbocycles. The third kappa shape index (κ3) is 5.70. The quantitative estimate of drug-likeness (QED) is 0.320. The topological polar surface area (TPSA) is 65.0 Å². The van der Waals surface area contributed by atoms with Crippen molar-refractivity contribution >= 4 is 42.2 Å². The van der Waals surface area contributed by atoms with Crippen LogP contribution in [0.2, 0.25) is 0 Å². The molecule has 6 nitrogen and oxygen atoms in total. The van der Waals surface area contributed by atoms with E-state index in [0.717, 1.165) is 68.7 Å². The number of rotatable bonds is 8. The van der Waals surface area contributed by atoms with E-state index >= 15 is 0 Å². The molecule has 1 spiro atoms. The molecular formula is C27H34N4O2S. The van der Waals surface area contributed by atoms with Gasteiger partial charge in [0.05, 0.1) is 12.2 Å². The monoisotopic (exact) mass is 478 g/mol. The minimum atomic E-state index is 0.138. The zero-order valence-corrected chi connectivity index (χ0v) is 20.8. The lowest BCUT2D eigenvalue weighted by Gasteiger charge is -2.46. The van der Waals surface area contributed by atoms with Crippen LogP contribution >= 0.6 is 11.9 Å². The average molecular weight is 479 g/mol. The molecule has 2 saturated heterocycles. The van der Waals surface area contributed by atoms with E-state index in [4.69, 9.17) is 0 Å². The molecule has 2 fully saturated rings. The molecule has 0 aromatic heterocycles. The maximum atomic E-state index is 12.9. The summed E-state index contributed by atoms with van der Waals surface area (Å²) in [4.78, 5) is 31.4. The number of aliphatic imine (C=N–C) groups is 1. The van der Waals surface area contributed by atoms with Gasteiger partial charge in [0.1, 0.15) is 6.29 Å². The molecule has 34 heavy (non-hydrogen) atoms. The van der Waals surface area contributed by atoms with Crippen molar-refractivity contribution in [2.45, 2.75) is 43.9 Å². The highest BCUT2D eigenvalue weighted by Crippen LogP contribution is 2.43. The molecule has 0 unspecified atom stereocenters. The van der Waals surface area contributed by atoms with Crippen molar-refractivity contribution in [1.82, 2.24) is 9.21 Å². The number of nitrogens with zero attached hydrogens (tertiary/aromatic N) is 3. The highest BCUT2D eigenvalue weighted by Gasteiger charge is 2.38. The molecule has 2 aromatic rings. The van der Waals surface area contributed by atoms with Gasteiger partial charge in [-0.1, -0.05) is 19.1 Å². The summed E-state index contributed by atoms with van der Waals surface area (Å²) in [6.45, 7) is 9.69. The Bertz CT molecular complexity index is 1010. The highest BCUT2D eigenvalue weighted by atomic mass is 32.2. The summed E-state index contributed by atoms with van der Waals surface area (Å²) in [5.74, 6) is 0.138. The van der Waals surface area contributed by atoms with Gasteiger partial charge in [0.15, 0.2) is 0 Å². The number of carbonyl (C=O) groups is 2. The molecule has 0 atom stereocenters. The van der Waals surface area contributed by atoms with Gasteiger partial charge in [-0.25, -0.2) is 4.31 Å². The Morgan fingerprint density at radius 1 is 1.09 bits per heavy atom. The summed E-state index contributed by atoms with van der Waals surface area (Å²) in [7, 11) is 0. The predicted octanol–water partition coefficient (Wildman–Crippen LogP) is 5.22. The van der Waals surface area contributed by atoms with E-state index in [1.165, 1.54) is 17.7 Å². The van der Waals surface area contributed by atoms with Crippen LogP contribution in [0.3, 0.4) is 0 Å². The fourth-order valence-corrected chi connectivity index (χ4v) is 6.02. The van der Waals surface area contributed by atoms with E-state index in [2.05, 4.69) is 33.5 Å². The van der Waals surface area contributed by atoms with Gasteiger partial charge in [-0.05, 0) is 92.1 Å². The normalized spacial score (nSPS) is 18.0. The van der Waals surface area contributed by atoms with Crippen molar-refractivity contribution in [2.75, 3.05) is 38.0 Å². The number of hydrogen-bond acceptors (Lipinski definition) is 6. The molecule has 0 bridgehead atoms. The van der Waals surface area contributed by atoms with Gasteiger partial charge in [0.25, 0.3) is 0 Å². The molecule has 2 aliphatic rings. The average Bonchev–Trinajstić information content (AvgIpc) is 2.89. The Balaban J connectivity index is 1.23. The van der Waals surface area contributed by atoms with Gasteiger partial charge in [-0.3, -0.25) is 14.6 Å². The first-order valence-corrected chi connectivity index (χ1v) is 12.9. The summed E-state index contributed by atoms with van der Waals surface area (Å²) < 4.78 is 2.46. The van der Waals surface area contributed by atoms with Crippen molar-refractivity contribution < 1.29 is 9.59 Å². The number of benzene rings is 2. The third-order valence-electron chi connectivity index (χ3n) is 7.34. The van der Waals surface area contributed by atoms with Crippen molar-refractivity contribution in [3.8, 4) is 0 Å². The lowest BCUT2D eigenvalue weighted by Crippen LogP contribution is -2.48. The van der Waals surface area contributed by atoms with Gasteiger partial charge < -0.3 is 10.2 Å². The summed E-state index contributed by atoms with van der Waals surface area (Å²) >= 11 is 1.82. The zero-order chi connectivity index (χ0) is 24.0. The van der Waals surface area contributed by atoms with E-state index in [0.29, 0.717) is 11.0 Å². The van der Waals surface area contributed by atoms with Crippen LogP contribution in [0.5, 0.6) is 0 Å². The van der Waals surface area contributed by atoms with Crippen molar-refractivity contribution in [3.63, 3.8) is 0 Å². The number of likely N-dealkylation sites (tertiary alicyclic amines) is 1. The van der Waals surface area contributed by atoms with Gasteiger partial charge in [-0.2, -0.15) is 0 Å². The Morgan fingerprint density at radius 3 is 2.38 bits per heavy atom. The number of amides is 1. The standard InChI is InChI=1S/C27H34N4O2S/c1-3-24-21(20-32)5-4-6-25(24)29-19-26(33)30-15-11-27(12-16-30)13-17-31(18-14-27)34-23-9-7-22(28-2)8-10-23/h4-10,20,29H,2-3,11-19H2,1H3. The summed E-state index contributed by atoms with van der Waals surface area (Å²) in [6.07, 6.45) is 6.17. The lowest BCUT2D eigenvalue weighted by atomic mass is 9.71. The van der Waals surface area contributed by atoms with Crippen LogP contribution in [-0.4, -0.2) is 60.8 Å².